The first-order chi connectivity index (χ1) is 14.0. The van der Waals surface area contributed by atoms with Gasteiger partial charge in [0.15, 0.2) is 0 Å². The van der Waals surface area contributed by atoms with Crippen LogP contribution in [0.5, 0.6) is 0 Å². The standard InChI is InChI=1S/C21H17F2N5O/c1-12-8-25-14(9-24-12)10-27-18-6-5-13(7-17(18)23)26-11-15-20-16(22)3-2-4-19(20)28-21(15)29/h2-9,11,26-27H,10H2,1H3,(H,28,29)/b15-11+. The second-order valence-electron chi connectivity index (χ2n) is 6.52. The third-order valence-corrected chi connectivity index (χ3v) is 4.42. The Morgan fingerprint density at radius 3 is 2.72 bits per heavy atom. The normalized spacial score (nSPS) is 13.9. The molecule has 1 aliphatic rings. The lowest BCUT2D eigenvalue weighted by atomic mass is 10.1. The van der Waals surface area contributed by atoms with Gasteiger partial charge in [0, 0.05) is 23.6 Å². The van der Waals surface area contributed by atoms with Crippen molar-refractivity contribution in [2.24, 2.45) is 0 Å². The van der Waals surface area contributed by atoms with Gasteiger partial charge in [-0.15, -0.1) is 0 Å². The van der Waals surface area contributed by atoms with Gasteiger partial charge in [0.1, 0.15) is 11.6 Å². The minimum absolute atomic E-state index is 0.152. The zero-order chi connectivity index (χ0) is 20.4. The highest BCUT2D eigenvalue weighted by Crippen LogP contribution is 2.33. The third-order valence-electron chi connectivity index (χ3n) is 4.42. The predicted molar refractivity (Wildman–Crippen MR) is 107 cm³/mol. The molecule has 0 unspecified atom stereocenters. The Morgan fingerprint density at radius 2 is 1.97 bits per heavy atom. The molecular formula is C21H17F2N5O. The summed E-state index contributed by atoms with van der Waals surface area (Å²) in [5.74, 6) is -1.40. The smallest absolute Gasteiger partial charge is 0.257 e. The summed E-state index contributed by atoms with van der Waals surface area (Å²) in [5, 5.41) is 8.42. The molecule has 0 saturated heterocycles. The van der Waals surface area contributed by atoms with Crippen molar-refractivity contribution in [3.8, 4) is 0 Å². The molecule has 4 rings (SSSR count). The third kappa shape index (κ3) is 3.91. The van der Waals surface area contributed by atoms with Crippen molar-refractivity contribution >= 4 is 28.5 Å². The topological polar surface area (TPSA) is 78.9 Å². The summed E-state index contributed by atoms with van der Waals surface area (Å²) in [6, 6.07) is 8.93. The number of carbonyl (C=O) groups excluding carboxylic acids is 1. The molecule has 6 nitrogen and oxygen atoms in total. The molecule has 0 atom stereocenters. The Labute approximate surface area is 165 Å². The molecule has 146 valence electrons. The van der Waals surface area contributed by atoms with E-state index >= 15 is 0 Å². The lowest BCUT2D eigenvalue weighted by molar-refractivity contribution is -0.110. The van der Waals surface area contributed by atoms with Gasteiger partial charge in [0.05, 0.1) is 41.1 Å². The van der Waals surface area contributed by atoms with Crippen LogP contribution in [0.25, 0.3) is 5.57 Å². The van der Waals surface area contributed by atoms with Gasteiger partial charge >= 0.3 is 0 Å². The van der Waals surface area contributed by atoms with Crippen LogP contribution >= 0.6 is 0 Å². The number of nitrogens with one attached hydrogen (secondary N) is 3. The van der Waals surface area contributed by atoms with E-state index in [0.717, 1.165) is 5.69 Å². The molecule has 3 aromatic rings. The van der Waals surface area contributed by atoms with E-state index in [4.69, 9.17) is 0 Å². The number of rotatable bonds is 5. The highest BCUT2D eigenvalue weighted by atomic mass is 19.1. The molecule has 8 heteroatoms. The van der Waals surface area contributed by atoms with Gasteiger partial charge in [-0.25, -0.2) is 8.78 Å². The van der Waals surface area contributed by atoms with Gasteiger partial charge < -0.3 is 16.0 Å². The van der Waals surface area contributed by atoms with E-state index in [1.807, 2.05) is 6.92 Å². The van der Waals surface area contributed by atoms with Crippen molar-refractivity contribution in [1.82, 2.24) is 9.97 Å². The van der Waals surface area contributed by atoms with Gasteiger partial charge in [0.2, 0.25) is 0 Å². The fourth-order valence-corrected chi connectivity index (χ4v) is 2.94. The fourth-order valence-electron chi connectivity index (χ4n) is 2.94. The molecule has 0 fully saturated rings. The summed E-state index contributed by atoms with van der Waals surface area (Å²) in [6.45, 7) is 2.17. The Hall–Kier alpha value is -3.81. The number of carbonyl (C=O) groups is 1. The maximum absolute atomic E-state index is 14.4. The number of anilines is 3. The number of hydrogen-bond acceptors (Lipinski definition) is 5. The summed E-state index contributed by atoms with van der Waals surface area (Å²) in [7, 11) is 0. The van der Waals surface area contributed by atoms with Crippen molar-refractivity contribution in [1.29, 1.82) is 0 Å². The predicted octanol–water partition coefficient (Wildman–Crippen LogP) is 4.08. The summed E-state index contributed by atoms with van der Waals surface area (Å²) >= 11 is 0. The van der Waals surface area contributed by atoms with E-state index in [-0.39, 0.29) is 11.1 Å². The van der Waals surface area contributed by atoms with Gasteiger partial charge in [-0.3, -0.25) is 14.8 Å². The summed E-state index contributed by atoms with van der Waals surface area (Å²) in [5.41, 5.74) is 2.99. The van der Waals surface area contributed by atoms with Crippen LogP contribution in [0.2, 0.25) is 0 Å². The summed E-state index contributed by atoms with van der Waals surface area (Å²) in [6.07, 6.45) is 4.65. The van der Waals surface area contributed by atoms with Gasteiger partial charge in [-0.2, -0.15) is 0 Å². The van der Waals surface area contributed by atoms with Gasteiger partial charge in [-0.1, -0.05) is 6.07 Å². The number of nitrogens with zero attached hydrogens (tertiary/aromatic N) is 2. The Bertz CT molecular complexity index is 1110. The molecule has 1 aliphatic heterocycles. The fraction of sp³-hybridized carbons (Fsp3) is 0.0952. The van der Waals surface area contributed by atoms with E-state index in [1.54, 1.807) is 30.6 Å². The molecule has 29 heavy (non-hydrogen) atoms. The maximum Gasteiger partial charge on any atom is 0.257 e. The number of aryl methyl sites for hydroxylation is 1. The average Bonchev–Trinajstić information content (AvgIpc) is 3.03. The first-order valence-electron chi connectivity index (χ1n) is 8.89. The van der Waals surface area contributed by atoms with Crippen LogP contribution in [0.1, 0.15) is 17.0 Å². The molecule has 1 amide bonds. The first kappa shape index (κ1) is 18.5. The second-order valence-corrected chi connectivity index (χ2v) is 6.52. The Morgan fingerprint density at radius 1 is 1.10 bits per heavy atom. The molecule has 1 aromatic heterocycles. The lowest BCUT2D eigenvalue weighted by Gasteiger charge is -2.09. The molecule has 2 heterocycles. The number of amides is 1. The number of aromatic nitrogens is 2. The van der Waals surface area contributed by atoms with Crippen LogP contribution in [0, 0.1) is 18.6 Å². The van der Waals surface area contributed by atoms with E-state index in [1.165, 1.54) is 24.4 Å². The lowest BCUT2D eigenvalue weighted by Crippen LogP contribution is -2.06. The minimum Gasteiger partial charge on any atom is -0.377 e. The number of benzene rings is 2. The van der Waals surface area contributed by atoms with Crippen molar-refractivity contribution in [3.05, 3.63) is 83.6 Å². The number of halogens is 2. The first-order valence-corrected chi connectivity index (χ1v) is 8.89. The highest BCUT2D eigenvalue weighted by Gasteiger charge is 2.27. The molecular weight excluding hydrogens is 376 g/mol. The van der Waals surface area contributed by atoms with Crippen LogP contribution in [0.15, 0.2) is 55.0 Å². The second kappa shape index (κ2) is 7.67. The van der Waals surface area contributed by atoms with E-state index in [0.29, 0.717) is 29.3 Å². The van der Waals surface area contributed by atoms with Crippen LogP contribution in [-0.2, 0) is 11.3 Å². The summed E-state index contributed by atoms with van der Waals surface area (Å²) in [4.78, 5) is 20.4. The van der Waals surface area contributed by atoms with Crippen molar-refractivity contribution in [2.45, 2.75) is 13.5 Å². The van der Waals surface area contributed by atoms with Crippen molar-refractivity contribution in [2.75, 3.05) is 16.0 Å². The zero-order valence-corrected chi connectivity index (χ0v) is 15.5. The zero-order valence-electron chi connectivity index (χ0n) is 15.5. The Kier molecular flexibility index (Phi) is 4.90. The highest BCUT2D eigenvalue weighted by molar-refractivity contribution is 6.31. The van der Waals surface area contributed by atoms with Crippen LogP contribution in [0.3, 0.4) is 0 Å². The number of hydrogen-bond donors (Lipinski definition) is 3. The van der Waals surface area contributed by atoms with E-state index < -0.39 is 17.5 Å². The maximum atomic E-state index is 14.4. The molecule has 3 N–H and O–H groups in total. The molecule has 2 aromatic carbocycles. The van der Waals surface area contributed by atoms with Crippen LogP contribution in [0.4, 0.5) is 25.8 Å². The average molecular weight is 393 g/mol. The minimum atomic E-state index is -0.501. The van der Waals surface area contributed by atoms with Crippen molar-refractivity contribution < 1.29 is 13.6 Å². The monoisotopic (exact) mass is 393 g/mol. The molecule has 0 saturated carbocycles. The van der Waals surface area contributed by atoms with E-state index in [2.05, 4.69) is 25.9 Å². The van der Waals surface area contributed by atoms with Gasteiger partial charge in [0.25, 0.3) is 5.91 Å². The summed E-state index contributed by atoms with van der Waals surface area (Å²) < 4.78 is 28.5. The number of fused-ring (bicyclic) bond motifs is 1. The van der Waals surface area contributed by atoms with Gasteiger partial charge in [-0.05, 0) is 37.3 Å². The molecule has 0 bridgehead atoms. The SMILES string of the molecule is Cc1cnc(CNc2ccc(N/C=C3/C(=O)Nc4cccc(F)c43)cc2F)cn1. The largest absolute Gasteiger partial charge is 0.377 e. The quantitative estimate of drug-likeness (QED) is 0.570. The van der Waals surface area contributed by atoms with Crippen LogP contribution < -0.4 is 16.0 Å². The Balaban J connectivity index is 1.47. The molecule has 0 radical (unpaired) electrons. The van der Waals surface area contributed by atoms with E-state index in [9.17, 15) is 13.6 Å². The molecule has 0 spiro atoms. The molecule has 0 aliphatic carbocycles. The van der Waals surface area contributed by atoms with Crippen LogP contribution in [-0.4, -0.2) is 15.9 Å². The van der Waals surface area contributed by atoms with Crippen molar-refractivity contribution in [3.63, 3.8) is 0 Å².